The van der Waals surface area contributed by atoms with Crippen molar-refractivity contribution in [2.75, 3.05) is 38.2 Å². The molecule has 1 saturated heterocycles. The lowest BCUT2D eigenvalue weighted by molar-refractivity contribution is -0.138. The van der Waals surface area contributed by atoms with Crippen molar-refractivity contribution in [2.24, 2.45) is 11.8 Å². The summed E-state index contributed by atoms with van der Waals surface area (Å²) in [4.78, 5) is 18.6. The zero-order chi connectivity index (χ0) is 18.4. The molecule has 1 fully saturated rings. The largest absolute Gasteiger partial charge is 0.383 e. The predicted octanol–water partition coefficient (Wildman–Crippen LogP) is 2.49. The fourth-order valence-corrected chi connectivity index (χ4v) is 3.56. The van der Waals surface area contributed by atoms with E-state index < -0.39 is 0 Å². The summed E-state index contributed by atoms with van der Waals surface area (Å²) in [5.41, 5.74) is 1.11. The number of nitrogens with zero attached hydrogens (tertiary/aromatic N) is 3. The molecule has 138 valence electrons. The van der Waals surface area contributed by atoms with Gasteiger partial charge < -0.3 is 15.0 Å². The molecule has 1 aromatic rings. The van der Waals surface area contributed by atoms with E-state index in [4.69, 9.17) is 4.74 Å². The van der Waals surface area contributed by atoms with Crippen LogP contribution in [-0.4, -0.2) is 48.6 Å². The predicted molar refractivity (Wildman–Crippen MR) is 94.9 cm³/mol. The molecule has 3 rings (SSSR count). The van der Waals surface area contributed by atoms with Crippen LogP contribution in [0.25, 0.3) is 0 Å². The number of aromatic nitrogens is 1. The van der Waals surface area contributed by atoms with Gasteiger partial charge in [0.2, 0.25) is 5.91 Å². The highest BCUT2D eigenvalue weighted by molar-refractivity contribution is 5.80. The van der Waals surface area contributed by atoms with Gasteiger partial charge in [-0.3, -0.25) is 9.78 Å². The van der Waals surface area contributed by atoms with Crippen LogP contribution in [0.3, 0.4) is 0 Å². The molecule has 0 aromatic carbocycles. The van der Waals surface area contributed by atoms with Crippen molar-refractivity contribution in [1.29, 1.82) is 5.26 Å². The molecule has 0 radical (unpaired) electrons. The Bertz CT molecular complexity index is 710. The maximum atomic E-state index is 13.6. The third-order valence-corrected chi connectivity index (χ3v) is 5.02. The Hall–Kier alpha value is -2.46. The number of halogens is 1. The van der Waals surface area contributed by atoms with Crippen molar-refractivity contribution in [3.8, 4) is 6.07 Å². The minimum atomic E-state index is -0.274. The molecule has 0 saturated carbocycles. The van der Waals surface area contributed by atoms with Crippen molar-refractivity contribution in [3.63, 3.8) is 0 Å². The topological polar surface area (TPSA) is 78.2 Å². The molecule has 1 unspecified atom stereocenters. The third-order valence-electron chi connectivity index (χ3n) is 5.02. The maximum Gasteiger partial charge on any atom is 0.228 e. The van der Waals surface area contributed by atoms with Gasteiger partial charge in [0.05, 0.1) is 23.7 Å². The second kappa shape index (κ2) is 8.77. The van der Waals surface area contributed by atoms with E-state index >= 15 is 0 Å². The minimum Gasteiger partial charge on any atom is -0.383 e. The molecule has 0 aliphatic carbocycles. The Morgan fingerprint density at radius 1 is 1.50 bits per heavy atom. The normalized spacial score (nSPS) is 19.4. The summed E-state index contributed by atoms with van der Waals surface area (Å²) < 4.78 is 19.1. The first-order valence-electron chi connectivity index (χ1n) is 8.98. The molecule has 0 bridgehead atoms. The number of carbonyl (C=O) groups is 1. The Morgan fingerprint density at radius 3 is 3.04 bits per heavy atom. The van der Waals surface area contributed by atoms with Gasteiger partial charge in [0.25, 0.3) is 0 Å². The highest BCUT2D eigenvalue weighted by atomic mass is 19.1. The van der Waals surface area contributed by atoms with Crippen LogP contribution < -0.4 is 5.32 Å². The van der Waals surface area contributed by atoms with Crippen LogP contribution in [0.5, 0.6) is 0 Å². The summed E-state index contributed by atoms with van der Waals surface area (Å²) >= 11 is 0. The molecule has 6 nitrogen and oxygen atoms in total. The number of rotatable bonds is 5. The first-order valence-corrected chi connectivity index (χ1v) is 8.98. The Kier molecular flexibility index (Phi) is 6.18. The fourth-order valence-electron chi connectivity index (χ4n) is 3.56. The van der Waals surface area contributed by atoms with Gasteiger partial charge >= 0.3 is 0 Å². The zero-order valence-electron chi connectivity index (χ0n) is 14.7. The van der Waals surface area contributed by atoms with Crippen molar-refractivity contribution in [1.82, 2.24) is 9.88 Å². The quantitative estimate of drug-likeness (QED) is 0.875. The van der Waals surface area contributed by atoms with Gasteiger partial charge in [-0.25, -0.2) is 4.39 Å². The lowest BCUT2D eigenvalue weighted by Gasteiger charge is -2.34. The second-order valence-corrected chi connectivity index (χ2v) is 6.67. The number of anilines is 1. The number of nitriles is 1. The number of carbonyl (C=O) groups excluding carboxylic acids is 1. The number of pyridine rings is 1. The Balaban J connectivity index is 1.74. The molecule has 1 amide bonds. The summed E-state index contributed by atoms with van der Waals surface area (Å²) in [6.07, 6.45) is 6.82. The molecular formula is C19H23FN4O2. The molecule has 26 heavy (non-hydrogen) atoms. The molecule has 2 aliphatic heterocycles. The Labute approximate surface area is 152 Å². The Morgan fingerprint density at radius 2 is 2.31 bits per heavy atom. The average molecular weight is 358 g/mol. The summed E-state index contributed by atoms with van der Waals surface area (Å²) in [6.45, 7) is 2.29. The van der Waals surface area contributed by atoms with Gasteiger partial charge in [-0.2, -0.15) is 5.26 Å². The summed E-state index contributed by atoms with van der Waals surface area (Å²) in [5, 5.41) is 12.4. The van der Waals surface area contributed by atoms with Gasteiger partial charge in [0, 0.05) is 38.7 Å². The number of ether oxygens (including phenoxy) is 1. The van der Waals surface area contributed by atoms with Gasteiger partial charge in [-0.05, 0) is 37.3 Å². The molecule has 1 atom stereocenters. The lowest BCUT2D eigenvalue weighted by Crippen LogP contribution is -2.45. The molecule has 0 spiro atoms. The van der Waals surface area contributed by atoms with E-state index in [9.17, 15) is 14.4 Å². The van der Waals surface area contributed by atoms with Crippen LogP contribution in [0.1, 0.15) is 24.8 Å². The van der Waals surface area contributed by atoms with E-state index in [1.54, 1.807) is 23.2 Å². The monoisotopic (exact) mass is 358 g/mol. The second-order valence-electron chi connectivity index (χ2n) is 6.67. The van der Waals surface area contributed by atoms with Crippen LogP contribution in [-0.2, 0) is 9.53 Å². The summed E-state index contributed by atoms with van der Waals surface area (Å²) in [6, 6.07) is 3.83. The van der Waals surface area contributed by atoms with Gasteiger partial charge in [-0.1, -0.05) is 0 Å². The fraction of sp³-hybridized carbons (Fsp3) is 0.526. The van der Waals surface area contributed by atoms with Crippen LogP contribution in [0, 0.1) is 23.2 Å². The van der Waals surface area contributed by atoms with E-state index in [2.05, 4.69) is 16.4 Å². The maximum absolute atomic E-state index is 13.6. The highest BCUT2D eigenvalue weighted by Crippen LogP contribution is 2.28. The molecule has 1 N–H and O–H groups in total. The van der Waals surface area contributed by atoms with Gasteiger partial charge in [-0.15, -0.1) is 0 Å². The first kappa shape index (κ1) is 18.3. The van der Waals surface area contributed by atoms with Gasteiger partial charge in [0.15, 0.2) is 0 Å². The minimum absolute atomic E-state index is 0.0276. The van der Waals surface area contributed by atoms with E-state index in [0.29, 0.717) is 44.0 Å². The molecule has 1 aromatic heterocycles. The van der Waals surface area contributed by atoms with Crippen LogP contribution in [0.15, 0.2) is 30.4 Å². The third kappa shape index (κ3) is 4.38. The molecular weight excluding hydrogens is 335 g/mol. The van der Waals surface area contributed by atoms with Crippen LogP contribution >= 0.6 is 0 Å². The summed E-state index contributed by atoms with van der Waals surface area (Å²) in [5.74, 6) is -0.362. The SMILES string of the molecule is N#Cc1cnccc1NCC(C(=O)N1CCC=C(F)C1)C1CCOCC1. The highest BCUT2D eigenvalue weighted by Gasteiger charge is 2.33. The van der Waals surface area contributed by atoms with Crippen LogP contribution in [0.4, 0.5) is 10.1 Å². The number of hydrogen-bond donors (Lipinski definition) is 1. The van der Waals surface area contributed by atoms with Crippen molar-refractivity contribution in [3.05, 3.63) is 35.9 Å². The average Bonchev–Trinajstić information content (AvgIpc) is 2.69. The van der Waals surface area contributed by atoms with E-state index in [-0.39, 0.29) is 30.1 Å². The number of amides is 1. The smallest absolute Gasteiger partial charge is 0.228 e. The van der Waals surface area contributed by atoms with E-state index in [0.717, 1.165) is 12.8 Å². The number of hydrogen-bond acceptors (Lipinski definition) is 5. The van der Waals surface area contributed by atoms with Gasteiger partial charge in [0.1, 0.15) is 11.9 Å². The first-order chi connectivity index (χ1) is 12.7. The molecule has 3 heterocycles. The van der Waals surface area contributed by atoms with Crippen molar-refractivity contribution >= 4 is 11.6 Å². The molecule has 7 heteroatoms. The van der Waals surface area contributed by atoms with E-state index in [1.807, 2.05) is 0 Å². The zero-order valence-corrected chi connectivity index (χ0v) is 14.7. The number of nitrogens with one attached hydrogen (secondary N) is 1. The standard InChI is InChI=1S/C19H23FN4O2/c20-16-2-1-7-24(13-16)19(25)17(14-4-8-26-9-5-14)12-23-18-3-6-22-11-15(18)10-21/h2-3,6,11,14,17H,1,4-5,7-9,12-13H2,(H,22,23). The summed E-state index contributed by atoms with van der Waals surface area (Å²) in [7, 11) is 0. The lowest BCUT2D eigenvalue weighted by atomic mass is 9.84. The van der Waals surface area contributed by atoms with Crippen LogP contribution in [0.2, 0.25) is 0 Å². The van der Waals surface area contributed by atoms with Crippen molar-refractivity contribution < 1.29 is 13.9 Å². The van der Waals surface area contributed by atoms with E-state index in [1.165, 1.54) is 6.20 Å². The molecule has 2 aliphatic rings. The van der Waals surface area contributed by atoms with Crippen molar-refractivity contribution in [2.45, 2.75) is 19.3 Å².